The van der Waals surface area contributed by atoms with Crippen molar-refractivity contribution in [2.75, 3.05) is 0 Å². The van der Waals surface area contributed by atoms with Gasteiger partial charge in [-0.15, -0.1) is 0 Å². The van der Waals surface area contributed by atoms with Crippen molar-refractivity contribution in [3.63, 3.8) is 0 Å². The molecule has 0 radical (unpaired) electrons. The third kappa shape index (κ3) is 11.2. The van der Waals surface area contributed by atoms with E-state index < -0.39 is 0 Å². The van der Waals surface area contributed by atoms with E-state index in [0.717, 1.165) is 0 Å². The lowest BCUT2D eigenvalue weighted by molar-refractivity contribution is 1.46. The van der Waals surface area contributed by atoms with Crippen LogP contribution in [0.2, 0.25) is 0 Å². The Hall–Kier alpha value is -0.520. The third-order valence-corrected chi connectivity index (χ3v) is 0.885. The summed E-state index contributed by atoms with van der Waals surface area (Å²) in [6.07, 6.45) is 6.20. The van der Waals surface area contributed by atoms with E-state index in [-0.39, 0.29) is 0 Å². The molecule has 0 rings (SSSR count). The van der Waals surface area contributed by atoms with Gasteiger partial charge in [0.1, 0.15) is 0 Å². The van der Waals surface area contributed by atoms with E-state index in [1.54, 1.807) is 0 Å². The fraction of sp³-hybridized carbons (Fsp3) is 0.556. The maximum absolute atomic E-state index is 2.08. The number of rotatable bonds is 1. The van der Waals surface area contributed by atoms with Crippen LogP contribution in [-0.4, -0.2) is 0 Å². The molecule has 0 unspecified atom stereocenters. The van der Waals surface area contributed by atoms with Crippen LogP contribution in [0.25, 0.3) is 0 Å². The van der Waals surface area contributed by atoms with Crippen molar-refractivity contribution < 1.29 is 0 Å². The van der Waals surface area contributed by atoms with Gasteiger partial charge in [0.15, 0.2) is 0 Å². The first-order valence-electron chi connectivity index (χ1n) is 3.57. The van der Waals surface area contributed by atoms with E-state index >= 15 is 0 Å². The van der Waals surface area contributed by atoms with Gasteiger partial charge in [0, 0.05) is 0 Å². The highest BCUT2D eigenvalue weighted by atomic mass is 13.8. The fourth-order valence-electron chi connectivity index (χ4n) is 0.359. The zero-order valence-corrected chi connectivity index (χ0v) is 7.23. The van der Waals surface area contributed by atoms with Gasteiger partial charge < -0.3 is 0 Å². The Morgan fingerprint density at radius 2 is 1.56 bits per heavy atom. The van der Waals surface area contributed by atoms with Gasteiger partial charge in [0.25, 0.3) is 0 Å². The molecule has 54 valence electrons. The number of hydrogen-bond donors (Lipinski definition) is 0. The van der Waals surface area contributed by atoms with Gasteiger partial charge in [0.05, 0.1) is 0 Å². The molecule has 0 bridgehead atoms. The molecule has 0 spiro atoms. The zero-order chi connectivity index (χ0) is 7.70. The summed E-state index contributed by atoms with van der Waals surface area (Å²) in [5, 5.41) is 0. The number of allylic oxidation sites excluding steroid dienone is 4. The monoisotopic (exact) mass is 126 g/mol. The van der Waals surface area contributed by atoms with Crippen LogP contribution < -0.4 is 0 Å². The van der Waals surface area contributed by atoms with Crippen LogP contribution in [0.15, 0.2) is 23.8 Å². The highest BCUT2D eigenvalue weighted by Gasteiger charge is 1.69. The van der Waals surface area contributed by atoms with Crippen molar-refractivity contribution in [1.82, 2.24) is 0 Å². The van der Waals surface area contributed by atoms with Crippen molar-refractivity contribution in [3.05, 3.63) is 23.8 Å². The average Bonchev–Trinajstić information content (AvgIpc) is 1.93. The molecule has 0 atom stereocenters. The molecule has 0 aromatic rings. The van der Waals surface area contributed by atoms with Gasteiger partial charge in [-0.3, -0.25) is 0 Å². The summed E-state index contributed by atoms with van der Waals surface area (Å²) in [6, 6.07) is 0. The molecule has 0 aliphatic heterocycles. The molecule has 0 nitrogen and oxygen atoms in total. The van der Waals surface area contributed by atoms with Crippen molar-refractivity contribution >= 4 is 0 Å². The second-order valence-corrected chi connectivity index (χ2v) is 1.53. The molecule has 0 N–H and O–H groups in total. The van der Waals surface area contributed by atoms with Crippen LogP contribution in [0.4, 0.5) is 0 Å². The van der Waals surface area contributed by atoms with E-state index in [2.05, 4.69) is 19.1 Å². The minimum absolute atomic E-state index is 1.32. The van der Waals surface area contributed by atoms with Crippen molar-refractivity contribution in [1.29, 1.82) is 0 Å². The Kier molecular flexibility index (Phi) is 13.1. The normalized spacial score (nSPS) is 11.0. The van der Waals surface area contributed by atoms with Gasteiger partial charge in [-0.25, -0.2) is 0 Å². The second-order valence-electron chi connectivity index (χ2n) is 1.53. The summed E-state index contributed by atoms with van der Waals surface area (Å²) < 4.78 is 0. The molecule has 0 heteroatoms. The molecule has 0 saturated carbocycles. The van der Waals surface area contributed by atoms with Gasteiger partial charge >= 0.3 is 0 Å². The van der Waals surface area contributed by atoms with Crippen molar-refractivity contribution in [3.8, 4) is 0 Å². The molecule has 0 aromatic carbocycles. The van der Waals surface area contributed by atoms with Crippen LogP contribution >= 0.6 is 0 Å². The summed E-state index contributed by atoms with van der Waals surface area (Å²) in [4.78, 5) is 0. The lowest BCUT2D eigenvalue weighted by Gasteiger charge is -1.81. The van der Waals surface area contributed by atoms with E-state index in [1.807, 2.05) is 33.8 Å². The molecule has 0 fully saturated rings. The molecule has 0 aliphatic rings. The Morgan fingerprint density at radius 3 is 1.67 bits per heavy atom. The van der Waals surface area contributed by atoms with E-state index in [1.165, 1.54) is 5.57 Å². The Labute approximate surface area is 59.3 Å². The van der Waals surface area contributed by atoms with Gasteiger partial charge in [-0.1, -0.05) is 37.6 Å². The molecule has 0 aliphatic carbocycles. The van der Waals surface area contributed by atoms with E-state index in [9.17, 15) is 0 Å². The highest BCUT2D eigenvalue weighted by molar-refractivity contribution is 5.13. The SMILES string of the molecule is C/C=C\C(C)=C\C.CC. The molecule has 0 heterocycles. The minimum atomic E-state index is 1.32. The fourth-order valence-corrected chi connectivity index (χ4v) is 0.359. The Morgan fingerprint density at radius 1 is 1.11 bits per heavy atom. The summed E-state index contributed by atoms with van der Waals surface area (Å²) in [5.41, 5.74) is 1.32. The number of hydrogen-bond acceptors (Lipinski definition) is 0. The highest BCUT2D eigenvalue weighted by Crippen LogP contribution is 1.91. The lowest BCUT2D eigenvalue weighted by Crippen LogP contribution is -1.60. The molecular formula is C9H18. The molecular weight excluding hydrogens is 108 g/mol. The quantitative estimate of drug-likeness (QED) is 0.471. The topological polar surface area (TPSA) is 0 Å². The van der Waals surface area contributed by atoms with Crippen molar-refractivity contribution in [2.45, 2.75) is 34.6 Å². The standard InChI is InChI=1S/C7H12.C2H6/c1-4-6-7(3)5-2;1-2/h4-6H,1-3H3;1-2H3/b6-4-,7-5+;. The first-order chi connectivity index (χ1) is 4.31. The van der Waals surface area contributed by atoms with E-state index in [0.29, 0.717) is 0 Å². The lowest BCUT2D eigenvalue weighted by atomic mass is 10.3. The summed E-state index contributed by atoms with van der Waals surface area (Å²) in [5.74, 6) is 0. The summed E-state index contributed by atoms with van der Waals surface area (Å²) >= 11 is 0. The van der Waals surface area contributed by atoms with Crippen LogP contribution in [0, 0.1) is 0 Å². The maximum Gasteiger partial charge on any atom is -0.0401 e. The van der Waals surface area contributed by atoms with Gasteiger partial charge in [-0.2, -0.15) is 0 Å². The van der Waals surface area contributed by atoms with Crippen LogP contribution in [0.1, 0.15) is 34.6 Å². The summed E-state index contributed by atoms with van der Waals surface area (Å²) in [6.45, 7) is 10.1. The van der Waals surface area contributed by atoms with Gasteiger partial charge in [-0.05, 0) is 20.8 Å². The first kappa shape index (κ1) is 11.3. The zero-order valence-electron chi connectivity index (χ0n) is 7.23. The smallest absolute Gasteiger partial charge is 0.0401 e. The van der Waals surface area contributed by atoms with Gasteiger partial charge in [0.2, 0.25) is 0 Å². The Bertz CT molecular complexity index is 86.2. The first-order valence-corrected chi connectivity index (χ1v) is 3.57. The maximum atomic E-state index is 2.08. The predicted molar refractivity (Wildman–Crippen MR) is 45.6 cm³/mol. The van der Waals surface area contributed by atoms with Crippen molar-refractivity contribution in [2.24, 2.45) is 0 Å². The third-order valence-electron chi connectivity index (χ3n) is 0.885. The second kappa shape index (κ2) is 10.5. The van der Waals surface area contributed by atoms with Crippen LogP contribution in [-0.2, 0) is 0 Å². The van der Waals surface area contributed by atoms with Crippen LogP contribution in [0.5, 0.6) is 0 Å². The van der Waals surface area contributed by atoms with E-state index in [4.69, 9.17) is 0 Å². The molecule has 0 saturated heterocycles. The Balaban J connectivity index is 0. The largest absolute Gasteiger partial charge is 0.0874 e. The van der Waals surface area contributed by atoms with Crippen LogP contribution in [0.3, 0.4) is 0 Å². The molecule has 9 heavy (non-hydrogen) atoms. The molecule has 0 amide bonds. The minimum Gasteiger partial charge on any atom is -0.0874 e. The molecule has 0 aromatic heterocycles. The predicted octanol–water partition coefficient (Wildman–Crippen LogP) is 3.55. The average molecular weight is 126 g/mol. The summed E-state index contributed by atoms with van der Waals surface area (Å²) in [7, 11) is 0.